The first-order valence-electron chi connectivity index (χ1n) is 8.97. The van der Waals surface area contributed by atoms with E-state index in [1.807, 2.05) is 0 Å². The van der Waals surface area contributed by atoms with Crippen LogP contribution in [0.15, 0.2) is 76.4 Å². The van der Waals surface area contributed by atoms with E-state index >= 15 is 0 Å². The molecule has 0 amide bonds. The molecular weight excluding hydrogens is 360 g/mol. The number of fused-ring (bicyclic) bond motifs is 5. The van der Waals surface area contributed by atoms with Gasteiger partial charge in [-0.1, -0.05) is 48.5 Å². The molecule has 3 aromatic carbocycles. The lowest BCUT2D eigenvalue weighted by Crippen LogP contribution is -2.02. The molecule has 5 heteroatoms. The molecule has 138 valence electrons. The summed E-state index contributed by atoms with van der Waals surface area (Å²) in [7, 11) is -4.13. The van der Waals surface area contributed by atoms with Gasteiger partial charge in [0.2, 0.25) is 5.09 Å². The van der Waals surface area contributed by atoms with E-state index in [-0.39, 0.29) is 0 Å². The Hall–Kier alpha value is -2.63. The van der Waals surface area contributed by atoms with Crippen LogP contribution in [-0.2, 0) is 23.0 Å². The summed E-state index contributed by atoms with van der Waals surface area (Å²) < 4.78 is 32.9. The van der Waals surface area contributed by atoms with E-state index in [0.29, 0.717) is 0 Å². The van der Waals surface area contributed by atoms with Crippen molar-refractivity contribution in [1.29, 1.82) is 0 Å². The van der Waals surface area contributed by atoms with E-state index in [4.69, 9.17) is 4.55 Å². The third kappa shape index (κ3) is 3.61. The maximum absolute atomic E-state index is 10.2. The van der Waals surface area contributed by atoms with Crippen LogP contribution in [0.3, 0.4) is 0 Å². The summed E-state index contributed by atoms with van der Waals surface area (Å²) in [4.78, 5) is 0. The van der Waals surface area contributed by atoms with Crippen LogP contribution in [0, 0.1) is 0 Å². The molecule has 4 nitrogen and oxygen atoms in total. The van der Waals surface area contributed by atoms with Crippen LogP contribution in [0.4, 0.5) is 0 Å². The third-order valence-corrected chi connectivity index (χ3v) is 5.75. The second kappa shape index (κ2) is 7.18. The van der Waals surface area contributed by atoms with Crippen LogP contribution in [0.2, 0.25) is 0 Å². The van der Waals surface area contributed by atoms with Crippen molar-refractivity contribution >= 4 is 31.7 Å². The van der Waals surface area contributed by atoms with Crippen molar-refractivity contribution in [2.24, 2.45) is 0 Å². The topological polar surface area (TPSA) is 67.5 Å². The Morgan fingerprint density at radius 3 is 2.30 bits per heavy atom. The van der Waals surface area contributed by atoms with Gasteiger partial charge in [0.1, 0.15) is 0 Å². The minimum absolute atomic E-state index is 0.428. The fraction of sp³-hybridized carbons (Fsp3) is 0.182. The lowest BCUT2D eigenvalue weighted by Gasteiger charge is -2.18. The molecule has 0 saturated carbocycles. The Balaban J connectivity index is 0.000000170. The molecule has 5 rings (SSSR count). The number of furan rings is 1. The largest absolute Gasteiger partial charge is 0.451 e. The van der Waals surface area contributed by atoms with Crippen LogP contribution in [-0.4, -0.2) is 13.0 Å². The van der Waals surface area contributed by atoms with Crippen LogP contribution < -0.4 is 0 Å². The molecule has 27 heavy (non-hydrogen) atoms. The van der Waals surface area contributed by atoms with Gasteiger partial charge in [0, 0.05) is 0 Å². The van der Waals surface area contributed by atoms with E-state index in [9.17, 15) is 8.42 Å². The molecule has 1 aliphatic rings. The molecule has 0 bridgehead atoms. The molecule has 0 atom stereocenters. The number of benzene rings is 3. The zero-order valence-electron chi connectivity index (χ0n) is 14.8. The van der Waals surface area contributed by atoms with Gasteiger partial charge in [0.05, 0.1) is 6.26 Å². The van der Waals surface area contributed by atoms with Crippen molar-refractivity contribution in [1.82, 2.24) is 0 Å². The van der Waals surface area contributed by atoms with Crippen molar-refractivity contribution in [2.75, 3.05) is 0 Å². The van der Waals surface area contributed by atoms with E-state index in [2.05, 4.69) is 52.9 Å². The van der Waals surface area contributed by atoms with Gasteiger partial charge >= 0.3 is 10.1 Å². The highest BCUT2D eigenvalue weighted by molar-refractivity contribution is 7.85. The van der Waals surface area contributed by atoms with Crippen molar-refractivity contribution in [3.05, 3.63) is 78.1 Å². The lowest BCUT2D eigenvalue weighted by molar-refractivity contribution is 0.407. The zero-order valence-corrected chi connectivity index (χ0v) is 15.6. The monoisotopic (exact) mass is 380 g/mol. The van der Waals surface area contributed by atoms with Crippen molar-refractivity contribution < 1.29 is 17.4 Å². The summed E-state index contributed by atoms with van der Waals surface area (Å²) in [6, 6.07) is 20.5. The number of hydrogen-bond acceptors (Lipinski definition) is 3. The molecule has 0 aliphatic heterocycles. The molecule has 1 heterocycles. The molecule has 0 radical (unpaired) electrons. The average molecular weight is 380 g/mol. The molecule has 1 aliphatic carbocycles. The molecule has 0 unspecified atom stereocenters. The predicted octanol–water partition coefficient (Wildman–Crippen LogP) is 5.40. The molecule has 0 fully saturated rings. The van der Waals surface area contributed by atoms with Crippen LogP contribution in [0.25, 0.3) is 21.5 Å². The quantitative estimate of drug-likeness (QED) is 0.355. The van der Waals surface area contributed by atoms with Gasteiger partial charge in [-0.25, -0.2) is 0 Å². The van der Waals surface area contributed by atoms with Crippen LogP contribution in [0.1, 0.15) is 24.0 Å². The number of hydrogen-bond donors (Lipinski definition) is 1. The molecule has 0 spiro atoms. The number of aryl methyl sites for hydroxylation is 2. The highest BCUT2D eigenvalue weighted by atomic mass is 32.2. The normalized spacial score (nSPS) is 13.8. The molecule has 0 saturated heterocycles. The maximum atomic E-state index is 10.2. The van der Waals surface area contributed by atoms with Gasteiger partial charge in [-0.3, -0.25) is 4.55 Å². The Kier molecular flexibility index (Phi) is 4.72. The van der Waals surface area contributed by atoms with Gasteiger partial charge in [-0.05, 0) is 70.5 Å². The van der Waals surface area contributed by atoms with Gasteiger partial charge < -0.3 is 4.42 Å². The first-order chi connectivity index (χ1) is 13.0. The highest BCUT2D eigenvalue weighted by Crippen LogP contribution is 2.33. The molecular formula is C22H20O4S. The second-order valence-corrected chi connectivity index (χ2v) is 8.05. The SMILES string of the molecule is O=S(=O)(O)c1ccco1.c1ccc2c(c1)ccc1c3c(ccc12)CCCC3. The summed E-state index contributed by atoms with van der Waals surface area (Å²) in [5, 5.41) is 5.21. The zero-order chi connectivity index (χ0) is 18.9. The molecule has 1 N–H and O–H groups in total. The summed E-state index contributed by atoms with van der Waals surface area (Å²) in [6.45, 7) is 0. The summed E-state index contributed by atoms with van der Waals surface area (Å²) >= 11 is 0. The minimum atomic E-state index is -4.13. The standard InChI is InChI=1S/C18H16.C4H4O4S/c1-3-7-15-13(5-1)9-11-18-16-8-4-2-6-14(16)10-12-17(15)18;5-9(6,7)4-2-1-3-8-4/h1,3,5,7,9-12H,2,4,6,8H2;1-3H,(H,5,6,7). The Bertz CT molecular complexity index is 1190. The Morgan fingerprint density at radius 1 is 0.778 bits per heavy atom. The first kappa shape index (κ1) is 17.8. The highest BCUT2D eigenvalue weighted by Gasteiger charge is 2.13. The van der Waals surface area contributed by atoms with Gasteiger partial charge in [-0.15, -0.1) is 0 Å². The maximum Gasteiger partial charge on any atom is 0.328 e. The van der Waals surface area contributed by atoms with E-state index < -0.39 is 15.2 Å². The summed E-state index contributed by atoms with van der Waals surface area (Å²) in [6.07, 6.45) is 6.39. The third-order valence-electron chi connectivity index (χ3n) is 5.01. The smallest absolute Gasteiger partial charge is 0.328 e. The predicted molar refractivity (Wildman–Crippen MR) is 107 cm³/mol. The fourth-order valence-corrected chi connectivity index (χ4v) is 4.18. The number of rotatable bonds is 1. The van der Waals surface area contributed by atoms with E-state index in [1.165, 1.54) is 59.6 Å². The summed E-state index contributed by atoms with van der Waals surface area (Å²) in [5.74, 6) is 0. The fourth-order valence-electron chi connectivity index (χ4n) is 3.75. The Labute approximate surface area is 158 Å². The lowest BCUT2D eigenvalue weighted by atomic mass is 9.86. The van der Waals surface area contributed by atoms with Crippen molar-refractivity contribution in [3.8, 4) is 0 Å². The van der Waals surface area contributed by atoms with E-state index in [1.54, 1.807) is 11.1 Å². The molecule has 4 aromatic rings. The average Bonchev–Trinajstić information content (AvgIpc) is 3.23. The summed E-state index contributed by atoms with van der Waals surface area (Å²) in [5.41, 5.74) is 3.17. The van der Waals surface area contributed by atoms with Crippen LogP contribution in [0.5, 0.6) is 0 Å². The van der Waals surface area contributed by atoms with Gasteiger partial charge in [-0.2, -0.15) is 8.42 Å². The minimum Gasteiger partial charge on any atom is -0.451 e. The van der Waals surface area contributed by atoms with Gasteiger partial charge in [0.25, 0.3) is 0 Å². The van der Waals surface area contributed by atoms with Crippen LogP contribution >= 0.6 is 0 Å². The molecule has 1 aromatic heterocycles. The first-order valence-corrected chi connectivity index (χ1v) is 10.4. The van der Waals surface area contributed by atoms with Gasteiger partial charge in [0.15, 0.2) is 0 Å². The Morgan fingerprint density at radius 2 is 1.56 bits per heavy atom. The van der Waals surface area contributed by atoms with Crippen molar-refractivity contribution in [2.45, 2.75) is 30.8 Å². The van der Waals surface area contributed by atoms with E-state index in [0.717, 1.165) is 6.07 Å². The second-order valence-electron chi connectivity index (χ2n) is 6.70. The van der Waals surface area contributed by atoms with Crippen molar-refractivity contribution in [3.63, 3.8) is 0 Å².